The molecule has 0 N–H and O–H groups in total. The summed E-state index contributed by atoms with van der Waals surface area (Å²) in [5.74, 6) is -8.74. The fourth-order valence-electron chi connectivity index (χ4n) is 0. The van der Waals surface area contributed by atoms with Gasteiger partial charge in [-0.2, -0.15) is 0 Å². The van der Waals surface area contributed by atoms with Gasteiger partial charge in [-0.05, 0) is 0 Å². The van der Waals surface area contributed by atoms with Crippen molar-refractivity contribution in [2.45, 2.75) is 0 Å². The molecule has 0 unspecified atom stereocenters. The van der Waals surface area contributed by atoms with Gasteiger partial charge in [0.25, 0.3) is 0 Å². The molecule has 14 heavy (non-hydrogen) atoms. The fraction of sp³-hybridized carbons (Fsp3) is 0. The Morgan fingerprint density at radius 1 is 0.571 bits per heavy atom. The molecule has 0 aromatic carbocycles. The third-order valence-corrected chi connectivity index (χ3v) is 0.333. The van der Waals surface area contributed by atoms with Gasteiger partial charge in [0.15, 0.2) is 0 Å². The molecule has 0 bridgehead atoms. The number of rotatable bonds is 0. The van der Waals surface area contributed by atoms with E-state index in [1.54, 1.807) is 0 Å². The van der Waals surface area contributed by atoms with Crippen LogP contribution in [0.1, 0.15) is 0 Å². The molecule has 73 valence electrons. The minimum absolute atomic E-state index is 0. The van der Waals surface area contributed by atoms with Crippen molar-refractivity contribution >= 4 is 46.9 Å². The van der Waals surface area contributed by atoms with Crippen LogP contribution >= 0.6 is 0 Å². The Bertz CT molecular complexity index is 177. The van der Waals surface area contributed by atoms with Crippen LogP contribution in [0, 0.1) is 0 Å². The monoisotopic (exact) mass is 255 g/mol. The maximum absolute atomic E-state index is 8.93. The first kappa shape index (κ1) is 23.2. The van der Waals surface area contributed by atoms with E-state index < -0.39 is 23.9 Å². The number of carbonyl (C=O) groups excluding carboxylic acids is 4. The zero-order valence-electron chi connectivity index (χ0n) is 6.35. The van der Waals surface area contributed by atoms with Gasteiger partial charge in [-0.1, -0.05) is 0 Å². The van der Waals surface area contributed by atoms with Gasteiger partial charge in [0, 0.05) is 0 Å². The van der Waals surface area contributed by atoms with Gasteiger partial charge in [0.1, 0.15) is 0 Å². The third-order valence-electron chi connectivity index (χ3n) is 0.333. The van der Waals surface area contributed by atoms with Crippen LogP contribution < -0.4 is 20.4 Å². The number of aliphatic carboxylic acids is 4. The van der Waals surface area contributed by atoms with Crippen LogP contribution in [0.15, 0.2) is 0 Å². The van der Waals surface area contributed by atoms with E-state index in [0.717, 1.165) is 0 Å². The molecule has 0 aromatic heterocycles. The molecule has 0 saturated carbocycles. The molecule has 0 amide bonds. The van der Waals surface area contributed by atoms with Crippen molar-refractivity contribution in [2.75, 3.05) is 0 Å². The summed E-state index contributed by atoms with van der Waals surface area (Å²) >= 11 is 0. The maximum atomic E-state index is 8.93. The summed E-state index contributed by atoms with van der Waals surface area (Å²) in [7, 11) is 0. The second-order valence-corrected chi connectivity index (χ2v) is 1.15. The Morgan fingerprint density at radius 3 is 0.643 bits per heavy atom. The summed E-state index contributed by atoms with van der Waals surface area (Å²) in [6.45, 7) is 0. The fourth-order valence-corrected chi connectivity index (χ4v) is 0. The Kier molecular flexibility index (Phi) is 20.2. The summed E-state index contributed by atoms with van der Waals surface area (Å²) in [4.78, 5) is 35.7. The van der Waals surface area contributed by atoms with Gasteiger partial charge >= 0.3 is 40.1 Å². The van der Waals surface area contributed by atoms with Crippen molar-refractivity contribution in [3.8, 4) is 0 Å². The molecule has 0 fully saturated rings. The quantitative estimate of drug-likeness (QED) is 0.304. The van der Waals surface area contributed by atoms with E-state index >= 15 is 0 Å². The van der Waals surface area contributed by atoms with E-state index in [0.29, 0.717) is 0 Å². The molecular formula is C4MgMnO8. The predicted molar refractivity (Wildman–Crippen MR) is 25.8 cm³/mol. The molecule has 10 heteroatoms. The zero-order valence-corrected chi connectivity index (χ0v) is 8.95. The first-order valence-electron chi connectivity index (χ1n) is 2.13. The number of carboxylic acids is 4. The average molecular weight is 255 g/mol. The number of carboxylic acid groups (broad SMARTS) is 4. The Hall–Kier alpha value is -0.834. The number of hydrogen-bond donors (Lipinski definition) is 0. The topological polar surface area (TPSA) is 161 Å². The van der Waals surface area contributed by atoms with Crippen LogP contribution in [-0.2, 0) is 36.2 Å². The minimum atomic E-state index is -2.19. The molecule has 0 heterocycles. The molecule has 0 aliphatic carbocycles. The van der Waals surface area contributed by atoms with Gasteiger partial charge in [-0.15, -0.1) is 0 Å². The van der Waals surface area contributed by atoms with Crippen LogP contribution in [0.25, 0.3) is 0 Å². The van der Waals surface area contributed by atoms with Crippen LogP contribution in [0.2, 0.25) is 0 Å². The van der Waals surface area contributed by atoms with Gasteiger partial charge in [0.2, 0.25) is 0 Å². The maximum Gasteiger partial charge on any atom is 2.00 e. The summed E-state index contributed by atoms with van der Waals surface area (Å²) in [5, 5.41) is 35.7. The van der Waals surface area contributed by atoms with Gasteiger partial charge in [-0.3, -0.25) is 0 Å². The third kappa shape index (κ3) is 22.5. The van der Waals surface area contributed by atoms with Gasteiger partial charge in [0.05, 0.1) is 23.9 Å². The molecular weight excluding hydrogens is 255 g/mol. The van der Waals surface area contributed by atoms with Crippen LogP contribution in [0.4, 0.5) is 0 Å². The number of hydrogen-bond acceptors (Lipinski definition) is 8. The molecule has 0 saturated heterocycles. The van der Waals surface area contributed by atoms with E-state index in [4.69, 9.17) is 39.6 Å². The molecule has 0 spiro atoms. The van der Waals surface area contributed by atoms with Crippen molar-refractivity contribution in [2.24, 2.45) is 0 Å². The van der Waals surface area contributed by atoms with E-state index in [9.17, 15) is 0 Å². The van der Waals surface area contributed by atoms with Crippen molar-refractivity contribution < 1.29 is 56.7 Å². The summed E-state index contributed by atoms with van der Waals surface area (Å²) in [5.41, 5.74) is 0. The first-order valence-corrected chi connectivity index (χ1v) is 2.13. The van der Waals surface area contributed by atoms with E-state index in [1.165, 1.54) is 0 Å². The first-order chi connectivity index (χ1) is 5.29. The van der Waals surface area contributed by atoms with Crippen LogP contribution in [-0.4, -0.2) is 46.9 Å². The zero-order chi connectivity index (χ0) is 10.3. The Labute approximate surface area is 104 Å². The molecule has 1 radical (unpaired) electrons. The standard InChI is InChI=1S/2C2H2O4.Mg.Mn/c2*3-1(4)2(5)6;;/h2*(H,3,4)(H,5,6);;/q;;2*+2/p-4. The van der Waals surface area contributed by atoms with Crippen molar-refractivity contribution in [1.29, 1.82) is 0 Å². The summed E-state index contributed by atoms with van der Waals surface area (Å²) in [6.07, 6.45) is 0. The van der Waals surface area contributed by atoms with E-state index in [-0.39, 0.29) is 40.1 Å². The normalized spacial score (nSPS) is 6.29. The molecule has 0 aliphatic rings. The van der Waals surface area contributed by atoms with Gasteiger partial charge < -0.3 is 39.6 Å². The molecule has 0 rings (SSSR count). The second-order valence-electron chi connectivity index (χ2n) is 1.15. The van der Waals surface area contributed by atoms with Crippen LogP contribution in [0.5, 0.6) is 0 Å². The van der Waals surface area contributed by atoms with Crippen molar-refractivity contribution in [3.63, 3.8) is 0 Å². The average Bonchev–Trinajstić information content (AvgIpc) is 1.88. The van der Waals surface area contributed by atoms with Crippen molar-refractivity contribution in [3.05, 3.63) is 0 Å². The molecule has 0 aromatic rings. The minimum Gasteiger partial charge on any atom is -0.543 e. The summed E-state index contributed by atoms with van der Waals surface area (Å²) < 4.78 is 0. The largest absolute Gasteiger partial charge is 2.00 e. The Balaban J connectivity index is -0.0000000625. The Morgan fingerprint density at radius 2 is 0.643 bits per heavy atom. The van der Waals surface area contributed by atoms with E-state index in [1.807, 2.05) is 0 Å². The van der Waals surface area contributed by atoms with E-state index in [2.05, 4.69) is 0 Å². The molecule has 0 aliphatic heterocycles. The van der Waals surface area contributed by atoms with Gasteiger partial charge in [-0.25, -0.2) is 0 Å². The molecule has 8 nitrogen and oxygen atoms in total. The smallest absolute Gasteiger partial charge is 0.543 e. The van der Waals surface area contributed by atoms with Crippen molar-refractivity contribution in [1.82, 2.24) is 0 Å². The number of carbonyl (C=O) groups is 4. The van der Waals surface area contributed by atoms with Crippen LogP contribution in [0.3, 0.4) is 0 Å². The second kappa shape index (κ2) is 12.2. The predicted octanol–water partition coefficient (Wildman–Crippen LogP) is -7.41. The summed E-state index contributed by atoms with van der Waals surface area (Å²) in [6, 6.07) is 0. The molecule has 0 atom stereocenters. The SMILES string of the molecule is O=C([O-])C(=O)[O-].O=C([O-])C(=O)[O-].[Mg+2].[Mn+2].